The van der Waals surface area contributed by atoms with Crippen LogP contribution in [0.3, 0.4) is 0 Å². The highest BCUT2D eigenvalue weighted by Gasteiger charge is 2.16. The second kappa shape index (κ2) is 4.44. The van der Waals surface area contributed by atoms with Crippen LogP contribution in [0.5, 0.6) is 0 Å². The van der Waals surface area contributed by atoms with Gasteiger partial charge in [0.2, 0.25) is 0 Å². The summed E-state index contributed by atoms with van der Waals surface area (Å²) in [5, 5.41) is 6.25. The summed E-state index contributed by atoms with van der Waals surface area (Å²) in [4.78, 5) is 5.14. The number of benzene rings is 1. The highest BCUT2D eigenvalue weighted by molar-refractivity contribution is 7.05. The molecule has 90 valence electrons. The molecule has 0 spiro atoms. The normalized spacial score (nSPS) is 12.8. The molecule has 4 nitrogen and oxygen atoms in total. The van der Waals surface area contributed by atoms with Gasteiger partial charge in [-0.05, 0) is 35.5 Å². The zero-order valence-corrected chi connectivity index (χ0v) is 10.7. The van der Waals surface area contributed by atoms with E-state index in [0.29, 0.717) is 0 Å². The van der Waals surface area contributed by atoms with Gasteiger partial charge in [-0.2, -0.15) is 0 Å². The van der Waals surface area contributed by atoms with Crippen molar-refractivity contribution in [3.05, 3.63) is 52.8 Å². The van der Waals surface area contributed by atoms with Crippen molar-refractivity contribution in [3.63, 3.8) is 0 Å². The van der Waals surface area contributed by atoms with Crippen LogP contribution < -0.4 is 5.73 Å². The Morgan fingerprint density at radius 2 is 2.17 bits per heavy atom. The van der Waals surface area contributed by atoms with Gasteiger partial charge in [-0.3, -0.25) is 4.98 Å². The van der Waals surface area contributed by atoms with E-state index in [4.69, 9.17) is 5.73 Å². The molecular weight excluding hydrogens is 244 g/mol. The first kappa shape index (κ1) is 11.3. The molecule has 1 atom stereocenters. The van der Waals surface area contributed by atoms with E-state index in [1.54, 1.807) is 6.20 Å². The quantitative estimate of drug-likeness (QED) is 0.765. The van der Waals surface area contributed by atoms with E-state index in [-0.39, 0.29) is 6.04 Å². The summed E-state index contributed by atoms with van der Waals surface area (Å²) >= 11 is 1.36. The lowest BCUT2D eigenvalue weighted by molar-refractivity contribution is 0.882. The molecule has 18 heavy (non-hydrogen) atoms. The molecule has 0 aliphatic carbocycles. The maximum Gasteiger partial charge on any atom is 0.0776 e. The summed E-state index contributed by atoms with van der Waals surface area (Å²) in [5.74, 6) is 0. The number of hydrogen-bond donors (Lipinski definition) is 1. The van der Waals surface area contributed by atoms with E-state index in [0.717, 1.165) is 26.9 Å². The molecular formula is C13H12N4S. The van der Waals surface area contributed by atoms with Crippen LogP contribution in [-0.4, -0.2) is 14.6 Å². The molecule has 0 aliphatic rings. The zero-order chi connectivity index (χ0) is 12.5. The molecule has 0 radical (unpaired) electrons. The average Bonchev–Trinajstić information content (AvgIpc) is 2.83. The predicted octanol–water partition coefficient (Wildman–Crippen LogP) is 2.44. The lowest BCUT2D eigenvalue weighted by Gasteiger charge is -2.13. The summed E-state index contributed by atoms with van der Waals surface area (Å²) in [6.45, 7) is 1.94. The van der Waals surface area contributed by atoms with Crippen LogP contribution in [0.15, 0.2) is 36.7 Å². The molecule has 1 aromatic carbocycles. The Balaban J connectivity index is 2.18. The van der Waals surface area contributed by atoms with Crippen LogP contribution in [-0.2, 0) is 0 Å². The molecule has 0 saturated heterocycles. The lowest BCUT2D eigenvalue weighted by atomic mass is 9.99. The molecule has 0 saturated carbocycles. The summed E-state index contributed by atoms with van der Waals surface area (Å²) in [5.41, 5.74) is 8.33. The summed E-state index contributed by atoms with van der Waals surface area (Å²) in [6.07, 6.45) is 3.64. The van der Waals surface area contributed by atoms with Gasteiger partial charge in [0.15, 0.2) is 0 Å². The monoisotopic (exact) mass is 256 g/mol. The SMILES string of the molecule is Cc1nnsc1C(N)c1cccc2cnccc12. The van der Waals surface area contributed by atoms with E-state index in [9.17, 15) is 0 Å². The number of nitrogens with zero attached hydrogens (tertiary/aromatic N) is 3. The Morgan fingerprint density at radius 3 is 2.94 bits per heavy atom. The van der Waals surface area contributed by atoms with Crippen LogP contribution in [0.2, 0.25) is 0 Å². The molecule has 3 rings (SSSR count). The number of fused-ring (bicyclic) bond motifs is 1. The molecule has 0 bridgehead atoms. The Kier molecular flexibility index (Phi) is 2.77. The third-order valence-electron chi connectivity index (χ3n) is 3.02. The largest absolute Gasteiger partial charge is 0.319 e. The fourth-order valence-electron chi connectivity index (χ4n) is 2.08. The summed E-state index contributed by atoms with van der Waals surface area (Å²) < 4.78 is 3.95. The van der Waals surface area contributed by atoms with Crippen molar-refractivity contribution in [2.75, 3.05) is 0 Å². The van der Waals surface area contributed by atoms with Gasteiger partial charge in [0, 0.05) is 17.8 Å². The summed E-state index contributed by atoms with van der Waals surface area (Å²) in [6, 6.07) is 7.90. The number of nitrogens with two attached hydrogens (primary N) is 1. The molecule has 5 heteroatoms. The van der Waals surface area contributed by atoms with Gasteiger partial charge in [0.1, 0.15) is 0 Å². The Morgan fingerprint density at radius 1 is 1.28 bits per heavy atom. The van der Waals surface area contributed by atoms with E-state index in [1.807, 2.05) is 37.4 Å². The maximum atomic E-state index is 6.34. The maximum absolute atomic E-state index is 6.34. The molecule has 0 aliphatic heterocycles. The molecule has 3 aromatic rings. The molecule has 2 aromatic heterocycles. The Bertz CT molecular complexity index is 687. The van der Waals surface area contributed by atoms with Gasteiger partial charge >= 0.3 is 0 Å². The van der Waals surface area contributed by atoms with Crippen molar-refractivity contribution in [1.29, 1.82) is 0 Å². The standard InChI is InChI=1S/C13H12N4S/c1-8-13(18-17-16-8)12(14)11-4-2-3-9-7-15-6-5-10(9)11/h2-7,12H,14H2,1H3. The topological polar surface area (TPSA) is 64.7 Å². The van der Waals surface area contributed by atoms with Crippen molar-refractivity contribution < 1.29 is 0 Å². The minimum absolute atomic E-state index is 0.184. The Hall–Kier alpha value is -1.85. The summed E-state index contributed by atoms with van der Waals surface area (Å²) in [7, 11) is 0. The Labute approximate surface area is 109 Å². The van der Waals surface area contributed by atoms with Crippen molar-refractivity contribution in [1.82, 2.24) is 14.6 Å². The van der Waals surface area contributed by atoms with E-state index < -0.39 is 0 Å². The molecule has 2 heterocycles. The highest BCUT2D eigenvalue weighted by atomic mass is 32.1. The van der Waals surface area contributed by atoms with E-state index >= 15 is 0 Å². The molecule has 1 unspecified atom stereocenters. The fraction of sp³-hybridized carbons (Fsp3) is 0.154. The number of aromatic nitrogens is 3. The van der Waals surface area contributed by atoms with Gasteiger partial charge in [-0.15, -0.1) is 5.10 Å². The van der Waals surface area contributed by atoms with E-state index in [2.05, 4.69) is 14.6 Å². The predicted molar refractivity (Wildman–Crippen MR) is 72.4 cm³/mol. The third kappa shape index (κ3) is 1.77. The van der Waals surface area contributed by atoms with Crippen molar-refractivity contribution in [2.45, 2.75) is 13.0 Å². The smallest absolute Gasteiger partial charge is 0.0776 e. The van der Waals surface area contributed by atoms with Crippen LogP contribution >= 0.6 is 11.5 Å². The second-order valence-electron chi connectivity index (χ2n) is 4.14. The third-order valence-corrected chi connectivity index (χ3v) is 3.93. The minimum Gasteiger partial charge on any atom is -0.319 e. The van der Waals surface area contributed by atoms with Crippen LogP contribution in [0.1, 0.15) is 22.2 Å². The average molecular weight is 256 g/mol. The van der Waals surface area contributed by atoms with Crippen LogP contribution in [0, 0.1) is 6.92 Å². The first-order valence-corrected chi connectivity index (χ1v) is 6.42. The first-order valence-electron chi connectivity index (χ1n) is 5.64. The van der Waals surface area contributed by atoms with Crippen molar-refractivity contribution in [2.24, 2.45) is 5.73 Å². The van der Waals surface area contributed by atoms with Crippen molar-refractivity contribution in [3.8, 4) is 0 Å². The van der Waals surface area contributed by atoms with Crippen molar-refractivity contribution >= 4 is 22.3 Å². The van der Waals surface area contributed by atoms with Gasteiger partial charge in [0.05, 0.1) is 16.6 Å². The van der Waals surface area contributed by atoms with Crippen LogP contribution in [0.4, 0.5) is 0 Å². The first-order chi connectivity index (χ1) is 8.77. The molecule has 0 fully saturated rings. The van der Waals surface area contributed by atoms with Gasteiger partial charge < -0.3 is 5.73 Å². The number of aryl methyl sites for hydroxylation is 1. The molecule has 2 N–H and O–H groups in total. The minimum atomic E-state index is -0.184. The fourth-order valence-corrected chi connectivity index (χ4v) is 2.75. The number of hydrogen-bond acceptors (Lipinski definition) is 5. The van der Waals surface area contributed by atoms with Crippen LogP contribution in [0.25, 0.3) is 10.8 Å². The van der Waals surface area contributed by atoms with Gasteiger partial charge in [-0.25, -0.2) is 0 Å². The second-order valence-corrected chi connectivity index (χ2v) is 4.93. The van der Waals surface area contributed by atoms with Gasteiger partial charge in [0.25, 0.3) is 0 Å². The number of pyridine rings is 1. The highest BCUT2D eigenvalue weighted by Crippen LogP contribution is 2.29. The zero-order valence-electron chi connectivity index (χ0n) is 9.87. The lowest BCUT2D eigenvalue weighted by Crippen LogP contribution is -2.12. The van der Waals surface area contributed by atoms with Gasteiger partial charge in [-0.1, -0.05) is 22.7 Å². The molecule has 0 amide bonds. The van der Waals surface area contributed by atoms with E-state index in [1.165, 1.54) is 11.5 Å². The number of rotatable bonds is 2.